The molecule has 1 amide bonds. The third-order valence-corrected chi connectivity index (χ3v) is 3.79. The fourth-order valence-electron chi connectivity index (χ4n) is 2.05. The molecule has 0 aromatic carbocycles. The molecule has 0 spiro atoms. The average Bonchev–Trinajstić information content (AvgIpc) is 2.84. The SMILES string of the molecule is Cc1cc(C2CCN(C(=O)C(F)F)C2)cs1. The molecule has 88 valence electrons. The molecule has 0 radical (unpaired) electrons. The van der Waals surface area contributed by atoms with Crippen molar-refractivity contribution >= 4 is 17.2 Å². The molecule has 0 saturated carbocycles. The summed E-state index contributed by atoms with van der Waals surface area (Å²) in [6, 6.07) is 2.08. The van der Waals surface area contributed by atoms with E-state index >= 15 is 0 Å². The van der Waals surface area contributed by atoms with Crippen LogP contribution >= 0.6 is 11.3 Å². The smallest absolute Gasteiger partial charge is 0.315 e. The van der Waals surface area contributed by atoms with E-state index in [0.29, 0.717) is 13.1 Å². The van der Waals surface area contributed by atoms with Gasteiger partial charge in [-0.05, 0) is 30.4 Å². The van der Waals surface area contributed by atoms with Gasteiger partial charge in [0.2, 0.25) is 0 Å². The quantitative estimate of drug-likeness (QED) is 0.784. The van der Waals surface area contributed by atoms with Crippen LogP contribution in [0.1, 0.15) is 22.8 Å². The number of amides is 1. The van der Waals surface area contributed by atoms with E-state index in [1.165, 1.54) is 15.3 Å². The molecule has 1 aromatic heterocycles. The second-order valence-corrected chi connectivity index (χ2v) is 5.18. The largest absolute Gasteiger partial charge is 0.337 e. The van der Waals surface area contributed by atoms with Crippen LogP contribution in [0.5, 0.6) is 0 Å². The van der Waals surface area contributed by atoms with Gasteiger partial charge in [0.25, 0.3) is 5.91 Å². The highest BCUT2D eigenvalue weighted by Gasteiger charge is 2.31. The topological polar surface area (TPSA) is 20.3 Å². The van der Waals surface area contributed by atoms with Crippen molar-refractivity contribution < 1.29 is 13.6 Å². The van der Waals surface area contributed by atoms with Crippen molar-refractivity contribution in [3.05, 3.63) is 21.9 Å². The first-order chi connectivity index (χ1) is 7.58. The van der Waals surface area contributed by atoms with Gasteiger partial charge >= 0.3 is 6.43 Å². The second-order valence-electron chi connectivity index (χ2n) is 4.06. The van der Waals surface area contributed by atoms with Crippen molar-refractivity contribution in [1.29, 1.82) is 0 Å². The highest BCUT2D eigenvalue weighted by molar-refractivity contribution is 7.10. The fourth-order valence-corrected chi connectivity index (χ4v) is 2.83. The molecule has 2 heterocycles. The molecule has 0 bridgehead atoms. The van der Waals surface area contributed by atoms with Crippen molar-refractivity contribution in [3.8, 4) is 0 Å². The number of carbonyl (C=O) groups is 1. The molecular formula is C11H13F2NOS. The molecule has 1 fully saturated rings. The van der Waals surface area contributed by atoms with Crippen LogP contribution in [0.3, 0.4) is 0 Å². The predicted octanol–water partition coefficient (Wildman–Crippen LogP) is 2.64. The summed E-state index contributed by atoms with van der Waals surface area (Å²) in [5, 5.41) is 2.05. The molecular weight excluding hydrogens is 232 g/mol. The van der Waals surface area contributed by atoms with Crippen LogP contribution in [-0.4, -0.2) is 30.3 Å². The van der Waals surface area contributed by atoms with E-state index < -0.39 is 12.3 Å². The molecule has 1 atom stereocenters. The minimum absolute atomic E-state index is 0.229. The van der Waals surface area contributed by atoms with Gasteiger partial charge in [-0.25, -0.2) is 0 Å². The number of hydrogen-bond acceptors (Lipinski definition) is 2. The first-order valence-electron chi connectivity index (χ1n) is 5.20. The minimum Gasteiger partial charge on any atom is -0.337 e. The van der Waals surface area contributed by atoms with Crippen LogP contribution in [0.2, 0.25) is 0 Å². The van der Waals surface area contributed by atoms with Gasteiger partial charge in [-0.1, -0.05) is 0 Å². The fraction of sp³-hybridized carbons (Fsp3) is 0.545. The summed E-state index contributed by atoms with van der Waals surface area (Å²) in [7, 11) is 0. The lowest BCUT2D eigenvalue weighted by molar-refractivity contribution is -0.141. The van der Waals surface area contributed by atoms with Gasteiger partial charge in [-0.3, -0.25) is 4.79 Å². The van der Waals surface area contributed by atoms with Crippen LogP contribution in [0.15, 0.2) is 11.4 Å². The lowest BCUT2D eigenvalue weighted by Gasteiger charge is -2.15. The molecule has 0 aliphatic carbocycles. The van der Waals surface area contributed by atoms with E-state index in [1.54, 1.807) is 11.3 Å². The van der Waals surface area contributed by atoms with Gasteiger partial charge in [0.15, 0.2) is 0 Å². The lowest BCUT2D eigenvalue weighted by atomic mass is 10.0. The Kier molecular flexibility index (Phi) is 3.23. The molecule has 1 aromatic rings. The molecule has 5 heteroatoms. The Bertz CT molecular complexity index is 391. The van der Waals surface area contributed by atoms with Gasteiger partial charge in [0.05, 0.1) is 0 Å². The Hall–Kier alpha value is -0.970. The molecule has 1 unspecified atom stereocenters. The zero-order valence-corrected chi connectivity index (χ0v) is 9.77. The summed E-state index contributed by atoms with van der Waals surface area (Å²) < 4.78 is 24.4. The van der Waals surface area contributed by atoms with Crippen molar-refractivity contribution in [2.75, 3.05) is 13.1 Å². The number of nitrogens with zero attached hydrogens (tertiary/aromatic N) is 1. The number of hydrogen-bond donors (Lipinski definition) is 0. The van der Waals surface area contributed by atoms with Gasteiger partial charge in [0, 0.05) is 23.9 Å². The summed E-state index contributed by atoms with van der Waals surface area (Å²) in [5.41, 5.74) is 1.17. The summed E-state index contributed by atoms with van der Waals surface area (Å²) in [5.74, 6) is -0.804. The third kappa shape index (κ3) is 2.24. The number of carbonyl (C=O) groups excluding carboxylic acids is 1. The minimum atomic E-state index is -2.87. The number of alkyl halides is 2. The Morgan fingerprint density at radius 3 is 2.94 bits per heavy atom. The van der Waals surface area contributed by atoms with E-state index in [1.807, 2.05) is 6.92 Å². The Balaban J connectivity index is 2.01. The van der Waals surface area contributed by atoms with Crippen LogP contribution in [0.25, 0.3) is 0 Å². The van der Waals surface area contributed by atoms with Crippen molar-refractivity contribution in [2.45, 2.75) is 25.7 Å². The summed E-state index contributed by atoms with van der Waals surface area (Å²) in [4.78, 5) is 13.6. The highest BCUT2D eigenvalue weighted by atomic mass is 32.1. The van der Waals surface area contributed by atoms with Gasteiger partial charge in [0.1, 0.15) is 0 Å². The maximum absolute atomic E-state index is 12.2. The Labute approximate surface area is 96.9 Å². The van der Waals surface area contributed by atoms with Crippen LogP contribution in [-0.2, 0) is 4.79 Å². The van der Waals surface area contributed by atoms with Gasteiger partial charge < -0.3 is 4.90 Å². The molecule has 1 saturated heterocycles. The zero-order chi connectivity index (χ0) is 11.7. The normalized spacial score (nSPS) is 20.8. The lowest BCUT2D eigenvalue weighted by Crippen LogP contribution is -2.33. The maximum atomic E-state index is 12.2. The molecule has 0 N–H and O–H groups in total. The third-order valence-electron chi connectivity index (χ3n) is 2.91. The van der Waals surface area contributed by atoms with E-state index in [0.717, 1.165) is 6.42 Å². The second kappa shape index (κ2) is 4.49. The first kappa shape index (κ1) is 11.5. The molecule has 1 aliphatic rings. The van der Waals surface area contributed by atoms with E-state index in [-0.39, 0.29) is 5.92 Å². The van der Waals surface area contributed by atoms with E-state index in [2.05, 4.69) is 11.4 Å². The van der Waals surface area contributed by atoms with Crippen molar-refractivity contribution in [1.82, 2.24) is 4.90 Å². The summed E-state index contributed by atoms with van der Waals surface area (Å²) >= 11 is 1.66. The van der Waals surface area contributed by atoms with Crippen molar-refractivity contribution in [2.24, 2.45) is 0 Å². The standard InChI is InChI=1S/C11H13F2NOS/c1-7-4-9(6-16-7)8-2-3-14(5-8)11(15)10(12)13/h4,6,8,10H,2-3,5H2,1H3. The molecule has 2 rings (SSSR count). The average molecular weight is 245 g/mol. The number of aryl methyl sites for hydroxylation is 1. The van der Waals surface area contributed by atoms with E-state index in [9.17, 15) is 13.6 Å². The highest BCUT2D eigenvalue weighted by Crippen LogP contribution is 2.30. The zero-order valence-electron chi connectivity index (χ0n) is 8.95. The van der Waals surface area contributed by atoms with Crippen LogP contribution in [0.4, 0.5) is 8.78 Å². The number of thiophene rings is 1. The Morgan fingerprint density at radius 1 is 1.62 bits per heavy atom. The molecule has 2 nitrogen and oxygen atoms in total. The van der Waals surface area contributed by atoms with Gasteiger partial charge in [-0.15, -0.1) is 11.3 Å². The summed E-state index contributed by atoms with van der Waals surface area (Å²) in [6.45, 7) is 2.90. The number of rotatable bonds is 2. The molecule has 1 aliphatic heterocycles. The monoisotopic (exact) mass is 245 g/mol. The maximum Gasteiger partial charge on any atom is 0.315 e. The van der Waals surface area contributed by atoms with Gasteiger partial charge in [-0.2, -0.15) is 8.78 Å². The summed E-state index contributed by atoms with van der Waals surface area (Å²) in [6.07, 6.45) is -2.09. The predicted molar refractivity (Wildman–Crippen MR) is 59.0 cm³/mol. The van der Waals surface area contributed by atoms with Crippen LogP contribution < -0.4 is 0 Å². The van der Waals surface area contributed by atoms with Crippen molar-refractivity contribution in [3.63, 3.8) is 0 Å². The first-order valence-corrected chi connectivity index (χ1v) is 6.08. The Morgan fingerprint density at radius 2 is 2.38 bits per heavy atom. The molecule has 16 heavy (non-hydrogen) atoms. The van der Waals surface area contributed by atoms with Crippen LogP contribution in [0, 0.1) is 6.92 Å². The number of likely N-dealkylation sites (tertiary alicyclic amines) is 1. The number of halogens is 2. The van der Waals surface area contributed by atoms with E-state index in [4.69, 9.17) is 0 Å².